The van der Waals surface area contributed by atoms with Gasteiger partial charge in [-0.25, -0.2) is 9.59 Å². The summed E-state index contributed by atoms with van der Waals surface area (Å²) in [5.41, 5.74) is 1.43. The lowest BCUT2D eigenvalue weighted by atomic mass is 10.1. The van der Waals surface area contributed by atoms with Crippen molar-refractivity contribution in [1.29, 1.82) is 0 Å². The number of aryl methyl sites for hydroxylation is 1. The second-order valence-corrected chi connectivity index (χ2v) is 3.72. The van der Waals surface area contributed by atoms with Crippen molar-refractivity contribution in [2.45, 2.75) is 19.4 Å². The topological polar surface area (TPSA) is 52.6 Å². The zero-order valence-corrected chi connectivity index (χ0v) is 8.93. The molecule has 0 bridgehead atoms. The number of benzene rings is 1. The SMILES string of the molecule is Cc1cccc(C(=O)O[C@@H]2CCOC2=O)c1. The molecule has 0 spiro atoms. The van der Waals surface area contributed by atoms with Gasteiger partial charge in [0.1, 0.15) is 0 Å². The van der Waals surface area contributed by atoms with Gasteiger partial charge < -0.3 is 9.47 Å². The Kier molecular flexibility index (Phi) is 2.90. The minimum Gasteiger partial charge on any atom is -0.463 e. The van der Waals surface area contributed by atoms with Crippen LogP contribution in [0.5, 0.6) is 0 Å². The summed E-state index contributed by atoms with van der Waals surface area (Å²) in [6.45, 7) is 2.21. The first-order valence-electron chi connectivity index (χ1n) is 5.11. The highest BCUT2D eigenvalue weighted by atomic mass is 16.6. The molecule has 0 amide bonds. The Balaban J connectivity index is 2.05. The number of rotatable bonds is 2. The molecule has 4 nitrogen and oxygen atoms in total. The molecule has 0 unspecified atom stereocenters. The van der Waals surface area contributed by atoms with Crippen molar-refractivity contribution in [2.75, 3.05) is 6.61 Å². The van der Waals surface area contributed by atoms with Crippen molar-refractivity contribution < 1.29 is 19.1 Å². The second kappa shape index (κ2) is 4.35. The molecular formula is C12H12O4. The summed E-state index contributed by atoms with van der Waals surface area (Å²) in [5.74, 6) is -0.937. The Morgan fingerprint density at radius 1 is 1.50 bits per heavy atom. The van der Waals surface area contributed by atoms with E-state index in [9.17, 15) is 9.59 Å². The van der Waals surface area contributed by atoms with E-state index < -0.39 is 18.0 Å². The monoisotopic (exact) mass is 220 g/mol. The minimum atomic E-state index is -0.743. The molecule has 1 aromatic rings. The van der Waals surface area contributed by atoms with Crippen LogP contribution in [0.3, 0.4) is 0 Å². The number of cyclic esters (lactones) is 1. The van der Waals surface area contributed by atoms with Gasteiger partial charge in [0.05, 0.1) is 12.2 Å². The highest BCUT2D eigenvalue weighted by Gasteiger charge is 2.30. The van der Waals surface area contributed by atoms with Crippen molar-refractivity contribution in [3.05, 3.63) is 35.4 Å². The molecule has 2 rings (SSSR count). The van der Waals surface area contributed by atoms with Gasteiger partial charge in [0.15, 0.2) is 0 Å². The predicted molar refractivity (Wildman–Crippen MR) is 56.0 cm³/mol. The van der Waals surface area contributed by atoms with E-state index in [1.165, 1.54) is 0 Å². The van der Waals surface area contributed by atoms with Gasteiger partial charge in [0.25, 0.3) is 0 Å². The van der Waals surface area contributed by atoms with Gasteiger partial charge in [-0.1, -0.05) is 17.7 Å². The van der Waals surface area contributed by atoms with Gasteiger partial charge in [0, 0.05) is 6.42 Å². The molecule has 4 heteroatoms. The molecule has 1 aromatic carbocycles. The molecule has 1 atom stereocenters. The van der Waals surface area contributed by atoms with Crippen LogP contribution in [0.2, 0.25) is 0 Å². The highest BCUT2D eigenvalue weighted by molar-refractivity contribution is 5.91. The molecule has 0 radical (unpaired) electrons. The van der Waals surface area contributed by atoms with Crippen molar-refractivity contribution in [2.24, 2.45) is 0 Å². The Bertz CT molecular complexity index is 425. The van der Waals surface area contributed by atoms with Gasteiger partial charge in [-0.05, 0) is 19.1 Å². The first-order valence-corrected chi connectivity index (χ1v) is 5.11. The molecule has 0 saturated carbocycles. The van der Waals surface area contributed by atoms with Crippen LogP contribution in [0.25, 0.3) is 0 Å². The maximum atomic E-state index is 11.7. The largest absolute Gasteiger partial charge is 0.463 e. The highest BCUT2D eigenvalue weighted by Crippen LogP contribution is 2.13. The van der Waals surface area contributed by atoms with Crippen LogP contribution < -0.4 is 0 Å². The summed E-state index contributed by atoms with van der Waals surface area (Å²) in [5, 5.41) is 0. The standard InChI is InChI=1S/C12H12O4/c1-8-3-2-4-9(7-8)11(13)16-10-5-6-15-12(10)14/h2-4,7,10H,5-6H2,1H3/t10-/m1/s1. The first kappa shape index (κ1) is 10.7. The fraction of sp³-hybridized carbons (Fsp3) is 0.333. The van der Waals surface area contributed by atoms with Gasteiger partial charge in [-0.15, -0.1) is 0 Å². The lowest BCUT2D eigenvalue weighted by molar-refractivity contribution is -0.145. The van der Waals surface area contributed by atoms with Crippen LogP contribution in [0.4, 0.5) is 0 Å². The Morgan fingerprint density at radius 2 is 2.31 bits per heavy atom. The lowest BCUT2D eigenvalue weighted by Crippen LogP contribution is -2.22. The van der Waals surface area contributed by atoms with Crippen LogP contribution in [0.1, 0.15) is 22.3 Å². The number of ether oxygens (including phenoxy) is 2. The average molecular weight is 220 g/mol. The molecule has 1 heterocycles. The van der Waals surface area contributed by atoms with Crippen LogP contribution in [-0.4, -0.2) is 24.6 Å². The second-order valence-electron chi connectivity index (χ2n) is 3.72. The van der Waals surface area contributed by atoms with Gasteiger partial charge in [-0.3, -0.25) is 0 Å². The zero-order valence-electron chi connectivity index (χ0n) is 8.93. The summed E-state index contributed by atoms with van der Waals surface area (Å²) >= 11 is 0. The van der Waals surface area contributed by atoms with Crippen LogP contribution in [0.15, 0.2) is 24.3 Å². The van der Waals surface area contributed by atoms with E-state index >= 15 is 0 Å². The number of esters is 2. The summed E-state index contributed by atoms with van der Waals surface area (Å²) in [7, 11) is 0. The number of hydrogen-bond acceptors (Lipinski definition) is 4. The van der Waals surface area contributed by atoms with Gasteiger partial charge in [0.2, 0.25) is 6.10 Å². The summed E-state index contributed by atoms with van der Waals surface area (Å²) < 4.78 is 9.76. The maximum absolute atomic E-state index is 11.7. The molecule has 1 aliphatic rings. The molecule has 84 valence electrons. The summed E-state index contributed by atoms with van der Waals surface area (Å²) in [4.78, 5) is 22.8. The fourth-order valence-electron chi connectivity index (χ4n) is 1.55. The lowest BCUT2D eigenvalue weighted by Gasteiger charge is -2.08. The molecule has 1 saturated heterocycles. The number of hydrogen-bond donors (Lipinski definition) is 0. The van der Waals surface area contributed by atoms with Crippen molar-refractivity contribution in [3.63, 3.8) is 0 Å². The molecule has 1 aliphatic heterocycles. The van der Waals surface area contributed by atoms with E-state index in [-0.39, 0.29) is 0 Å². The van der Waals surface area contributed by atoms with E-state index in [2.05, 4.69) is 0 Å². The smallest absolute Gasteiger partial charge is 0.347 e. The summed E-state index contributed by atoms with van der Waals surface area (Å²) in [6.07, 6.45) is -0.302. The van der Waals surface area contributed by atoms with E-state index in [4.69, 9.17) is 9.47 Å². The van der Waals surface area contributed by atoms with Crippen molar-refractivity contribution in [1.82, 2.24) is 0 Å². The molecule has 0 aliphatic carbocycles. The maximum Gasteiger partial charge on any atom is 0.347 e. The van der Waals surface area contributed by atoms with Crippen molar-refractivity contribution in [3.8, 4) is 0 Å². The quantitative estimate of drug-likeness (QED) is 0.708. The first-order chi connectivity index (χ1) is 7.66. The third-order valence-electron chi connectivity index (χ3n) is 2.39. The van der Waals surface area contributed by atoms with E-state index in [1.54, 1.807) is 18.2 Å². The van der Waals surface area contributed by atoms with Crippen molar-refractivity contribution >= 4 is 11.9 Å². The third kappa shape index (κ3) is 2.21. The Morgan fingerprint density at radius 3 is 2.94 bits per heavy atom. The molecular weight excluding hydrogens is 208 g/mol. The van der Waals surface area contributed by atoms with Crippen LogP contribution >= 0.6 is 0 Å². The molecule has 0 aromatic heterocycles. The van der Waals surface area contributed by atoms with E-state index in [0.29, 0.717) is 18.6 Å². The van der Waals surface area contributed by atoms with Crippen LogP contribution in [-0.2, 0) is 14.3 Å². The molecule has 1 fully saturated rings. The summed E-state index contributed by atoms with van der Waals surface area (Å²) in [6, 6.07) is 7.05. The normalized spacial score (nSPS) is 19.3. The van der Waals surface area contributed by atoms with Crippen LogP contribution in [0, 0.1) is 6.92 Å². The van der Waals surface area contributed by atoms with Gasteiger partial charge in [-0.2, -0.15) is 0 Å². The number of carbonyl (C=O) groups is 2. The van der Waals surface area contributed by atoms with E-state index in [1.807, 2.05) is 13.0 Å². The minimum absolute atomic E-state index is 0.324. The Labute approximate surface area is 93.2 Å². The molecule has 0 N–H and O–H groups in total. The average Bonchev–Trinajstić information content (AvgIpc) is 2.64. The predicted octanol–water partition coefficient (Wildman–Crippen LogP) is 1.47. The third-order valence-corrected chi connectivity index (χ3v) is 2.39. The molecule has 16 heavy (non-hydrogen) atoms. The fourth-order valence-corrected chi connectivity index (χ4v) is 1.55. The Hall–Kier alpha value is -1.84. The zero-order chi connectivity index (χ0) is 11.5. The number of carbonyl (C=O) groups excluding carboxylic acids is 2. The van der Waals surface area contributed by atoms with E-state index in [0.717, 1.165) is 5.56 Å². The van der Waals surface area contributed by atoms with Gasteiger partial charge >= 0.3 is 11.9 Å².